The Kier molecular flexibility index (Phi) is 2.81. The molecule has 0 aromatic heterocycles. The van der Waals surface area contributed by atoms with Gasteiger partial charge in [0, 0.05) is 6.07 Å². The normalized spacial score (nSPS) is 9.31. The molecule has 1 aromatic rings. The van der Waals surface area contributed by atoms with E-state index >= 15 is 0 Å². The molecule has 0 unspecified atom stereocenters. The largest absolute Gasteiger partial charge is 0.363 e. The predicted molar refractivity (Wildman–Crippen MR) is 44.4 cm³/mol. The molecule has 0 saturated heterocycles. The summed E-state index contributed by atoms with van der Waals surface area (Å²) in [4.78, 5) is 20.6. The minimum absolute atomic E-state index is 0.164. The maximum absolute atomic E-state index is 10.9. The molecule has 0 amide bonds. The number of hydrogen-bond donors (Lipinski definition) is 0. The van der Waals surface area contributed by atoms with E-state index in [-0.39, 0.29) is 11.3 Å². The van der Waals surface area contributed by atoms with E-state index in [9.17, 15) is 14.9 Å². The van der Waals surface area contributed by atoms with Crippen LogP contribution in [0.3, 0.4) is 0 Å². The summed E-state index contributed by atoms with van der Waals surface area (Å²) in [6.07, 6.45) is 0. The van der Waals surface area contributed by atoms with Gasteiger partial charge in [-0.2, -0.15) is 0 Å². The molecule has 0 fully saturated rings. The third-order valence-corrected chi connectivity index (χ3v) is 1.53. The molecule has 6 heteroatoms. The molecule has 1 rings (SSSR count). The Bertz CT molecular complexity index is 352. The Morgan fingerprint density at radius 3 is 2.62 bits per heavy atom. The maximum Gasteiger partial charge on any atom is 0.363 e. The van der Waals surface area contributed by atoms with Crippen molar-refractivity contribution in [2.24, 2.45) is 0 Å². The van der Waals surface area contributed by atoms with Crippen LogP contribution in [0.5, 0.6) is 0 Å². The summed E-state index contributed by atoms with van der Waals surface area (Å²) in [5.74, 6) is -0.936. The highest BCUT2D eigenvalue weighted by atomic mass is 35.5. The highest BCUT2D eigenvalue weighted by Crippen LogP contribution is 2.18. The van der Waals surface area contributed by atoms with Gasteiger partial charge in [-0.3, -0.25) is 10.1 Å². The topological polar surface area (TPSA) is 69.4 Å². The Balaban J connectivity index is 3.19. The number of benzene rings is 1. The molecule has 68 valence electrons. The van der Waals surface area contributed by atoms with Gasteiger partial charge in [0.05, 0.1) is 4.92 Å². The molecule has 13 heavy (non-hydrogen) atoms. The van der Waals surface area contributed by atoms with E-state index in [2.05, 4.69) is 4.29 Å². The second-order valence-corrected chi connectivity index (χ2v) is 2.29. The lowest BCUT2D eigenvalue weighted by molar-refractivity contribution is -0.385. The molecule has 1 aromatic carbocycles. The van der Waals surface area contributed by atoms with E-state index < -0.39 is 10.9 Å². The van der Waals surface area contributed by atoms with Gasteiger partial charge >= 0.3 is 5.97 Å². The quantitative estimate of drug-likeness (QED) is 0.541. The third-order valence-electron chi connectivity index (χ3n) is 1.39. The van der Waals surface area contributed by atoms with Gasteiger partial charge in [-0.05, 0) is 6.07 Å². The highest BCUT2D eigenvalue weighted by Gasteiger charge is 2.19. The van der Waals surface area contributed by atoms with Gasteiger partial charge < -0.3 is 4.29 Å². The Labute approximate surface area is 78.2 Å². The van der Waals surface area contributed by atoms with Crippen LogP contribution in [0.25, 0.3) is 0 Å². The molecule has 0 atom stereocenters. The molecule has 0 N–H and O–H groups in total. The molecular weight excluding hydrogens is 198 g/mol. The van der Waals surface area contributed by atoms with Gasteiger partial charge in [-0.25, -0.2) is 4.79 Å². The zero-order valence-corrected chi connectivity index (χ0v) is 7.02. The van der Waals surface area contributed by atoms with Crippen LogP contribution in [-0.2, 0) is 4.29 Å². The minimum atomic E-state index is -0.936. The summed E-state index contributed by atoms with van der Waals surface area (Å²) < 4.78 is 3.86. The van der Waals surface area contributed by atoms with Crippen LogP contribution >= 0.6 is 11.9 Å². The number of carbonyl (C=O) groups excluding carboxylic acids is 1. The smallest absolute Gasteiger partial charge is 0.343 e. The standard InChI is InChI=1S/C7H4ClNO4/c8-13-7(10)5-3-1-2-4-6(5)9(11)12/h1-4H. The van der Waals surface area contributed by atoms with Gasteiger partial charge in [-0.15, -0.1) is 0 Å². The fourth-order valence-corrected chi connectivity index (χ4v) is 0.930. The number of nitrogens with zero attached hydrogens (tertiary/aromatic N) is 1. The molecule has 0 aliphatic heterocycles. The van der Waals surface area contributed by atoms with Crippen LogP contribution in [0.2, 0.25) is 0 Å². The van der Waals surface area contributed by atoms with E-state index in [4.69, 9.17) is 11.9 Å². The average molecular weight is 202 g/mol. The fourth-order valence-electron chi connectivity index (χ4n) is 0.847. The Morgan fingerprint density at radius 1 is 1.46 bits per heavy atom. The minimum Gasteiger partial charge on any atom is -0.343 e. The summed E-state index contributed by atoms with van der Waals surface area (Å²) in [5, 5.41) is 10.4. The summed E-state index contributed by atoms with van der Waals surface area (Å²) in [6, 6.07) is 5.39. The Hall–Kier alpha value is -1.62. The highest BCUT2D eigenvalue weighted by molar-refractivity contribution is 6.16. The molecule has 0 saturated carbocycles. The second kappa shape index (κ2) is 3.86. The van der Waals surface area contributed by atoms with Crippen molar-refractivity contribution < 1.29 is 14.0 Å². The first-order chi connectivity index (χ1) is 6.16. The first-order valence-electron chi connectivity index (χ1n) is 3.23. The second-order valence-electron chi connectivity index (χ2n) is 2.14. The van der Waals surface area contributed by atoms with E-state index in [1.165, 1.54) is 24.3 Å². The number of para-hydroxylation sites is 1. The third kappa shape index (κ3) is 1.94. The molecule has 0 radical (unpaired) electrons. The van der Waals surface area contributed by atoms with Crippen molar-refractivity contribution in [2.75, 3.05) is 0 Å². The molecule has 0 bridgehead atoms. The van der Waals surface area contributed by atoms with Gasteiger partial charge in [0.1, 0.15) is 17.4 Å². The van der Waals surface area contributed by atoms with Crippen molar-refractivity contribution in [1.29, 1.82) is 0 Å². The van der Waals surface area contributed by atoms with Crippen molar-refractivity contribution in [3.05, 3.63) is 39.9 Å². The van der Waals surface area contributed by atoms with Crippen molar-refractivity contribution in [1.82, 2.24) is 0 Å². The zero-order chi connectivity index (χ0) is 9.84. The average Bonchev–Trinajstić information content (AvgIpc) is 2.16. The van der Waals surface area contributed by atoms with Crippen molar-refractivity contribution >= 4 is 23.5 Å². The van der Waals surface area contributed by atoms with Gasteiger partial charge in [0.25, 0.3) is 5.69 Å². The van der Waals surface area contributed by atoms with E-state index in [0.717, 1.165) is 0 Å². The summed E-state index contributed by atoms with van der Waals surface area (Å²) in [7, 11) is 0. The number of carbonyl (C=O) groups is 1. The van der Waals surface area contributed by atoms with Gasteiger partial charge in [-0.1, -0.05) is 12.1 Å². The van der Waals surface area contributed by atoms with Crippen molar-refractivity contribution in [3.8, 4) is 0 Å². The van der Waals surface area contributed by atoms with Crippen molar-refractivity contribution in [3.63, 3.8) is 0 Å². The van der Waals surface area contributed by atoms with Crippen LogP contribution in [-0.4, -0.2) is 10.9 Å². The van der Waals surface area contributed by atoms with Gasteiger partial charge in [0.15, 0.2) is 0 Å². The SMILES string of the molecule is O=C(OCl)c1ccccc1[N+](=O)[O-]. The molecule has 0 aliphatic carbocycles. The molecular formula is C7H4ClNO4. The molecule has 0 spiro atoms. The van der Waals surface area contributed by atoms with Crippen LogP contribution in [0.15, 0.2) is 24.3 Å². The fraction of sp³-hybridized carbons (Fsp3) is 0. The Morgan fingerprint density at radius 2 is 2.08 bits per heavy atom. The number of halogens is 1. The van der Waals surface area contributed by atoms with E-state index in [0.29, 0.717) is 0 Å². The first kappa shape index (κ1) is 9.47. The lowest BCUT2D eigenvalue weighted by Gasteiger charge is -1.97. The number of nitro benzene ring substituents is 1. The zero-order valence-electron chi connectivity index (χ0n) is 6.27. The molecule has 0 heterocycles. The van der Waals surface area contributed by atoms with Crippen LogP contribution < -0.4 is 0 Å². The van der Waals surface area contributed by atoms with E-state index in [1.54, 1.807) is 0 Å². The van der Waals surface area contributed by atoms with Crippen molar-refractivity contribution in [2.45, 2.75) is 0 Å². The summed E-state index contributed by atoms with van der Waals surface area (Å²) >= 11 is 4.79. The number of rotatable bonds is 2. The van der Waals surface area contributed by atoms with Crippen LogP contribution in [0.1, 0.15) is 10.4 Å². The maximum atomic E-state index is 10.9. The number of nitro groups is 1. The predicted octanol–water partition coefficient (Wildman–Crippen LogP) is 1.91. The first-order valence-corrected chi connectivity index (χ1v) is 3.54. The lowest BCUT2D eigenvalue weighted by atomic mass is 10.2. The lowest BCUT2D eigenvalue weighted by Crippen LogP contribution is -2.02. The van der Waals surface area contributed by atoms with Gasteiger partial charge in [0.2, 0.25) is 0 Å². The number of hydrogen-bond acceptors (Lipinski definition) is 4. The molecule has 0 aliphatic rings. The monoisotopic (exact) mass is 201 g/mol. The summed E-state index contributed by atoms with van der Waals surface area (Å²) in [6.45, 7) is 0. The summed E-state index contributed by atoms with van der Waals surface area (Å²) in [5.41, 5.74) is -0.490. The molecule has 5 nitrogen and oxygen atoms in total. The van der Waals surface area contributed by atoms with E-state index in [1.807, 2.05) is 0 Å². The van der Waals surface area contributed by atoms with Crippen LogP contribution in [0.4, 0.5) is 5.69 Å². The van der Waals surface area contributed by atoms with Crippen LogP contribution in [0, 0.1) is 10.1 Å².